The molecular formula is C19H28N2O2. The minimum atomic E-state index is -0.439. The first kappa shape index (κ1) is 16.3. The van der Waals surface area contributed by atoms with E-state index in [2.05, 4.69) is 23.5 Å². The van der Waals surface area contributed by atoms with Gasteiger partial charge in [0, 0.05) is 19.6 Å². The lowest BCUT2D eigenvalue weighted by Gasteiger charge is -2.26. The van der Waals surface area contributed by atoms with E-state index in [-0.39, 0.29) is 6.09 Å². The first-order valence-electron chi connectivity index (χ1n) is 8.73. The second-order valence-corrected chi connectivity index (χ2v) is 7.72. The van der Waals surface area contributed by atoms with Crippen LogP contribution in [0.3, 0.4) is 0 Å². The predicted octanol–water partition coefficient (Wildman–Crippen LogP) is 3.45. The van der Waals surface area contributed by atoms with Gasteiger partial charge in [0.05, 0.1) is 0 Å². The summed E-state index contributed by atoms with van der Waals surface area (Å²) in [5, 5.41) is 3.44. The summed E-state index contributed by atoms with van der Waals surface area (Å²) in [7, 11) is 0. The van der Waals surface area contributed by atoms with E-state index in [9.17, 15) is 4.79 Å². The van der Waals surface area contributed by atoms with Crippen LogP contribution in [0.25, 0.3) is 0 Å². The molecule has 2 aliphatic rings. The Hall–Kier alpha value is -1.55. The van der Waals surface area contributed by atoms with Gasteiger partial charge in [0.25, 0.3) is 0 Å². The SMILES string of the molecule is CC(C)(C)OC(=O)N1CCCc2cc(C3CCNC3)ccc2C1. The summed E-state index contributed by atoms with van der Waals surface area (Å²) in [6.07, 6.45) is 3.07. The molecule has 1 atom stereocenters. The maximum atomic E-state index is 12.3. The number of hydrogen-bond donors (Lipinski definition) is 1. The van der Waals surface area contributed by atoms with E-state index in [0.29, 0.717) is 12.5 Å². The first-order valence-corrected chi connectivity index (χ1v) is 8.73. The zero-order chi connectivity index (χ0) is 16.4. The molecule has 0 spiro atoms. The number of aryl methyl sites for hydroxylation is 1. The summed E-state index contributed by atoms with van der Waals surface area (Å²) in [5.41, 5.74) is 3.67. The van der Waals surface area contributed by atoms with Crippen LogP contribution in [-0.4, -0.2) is 36.2 Å². The van der Waals surface area contributed by atoms with Crippen LogP contribution in [0.15, 0.2) is 18.2 Å². The van der Waals surface area contributed by atoms with Gasteiger partial charge < -0.3 is 15.0 Å². The number of fused-ring (bicyclic) bond motifs is 1. The lowest BCUT2D eigenvalue weighted by Crippen LogP contribution is -2.36. The molecule has 23 heavy (non-hydrogen) atoms. The van der Waals surface area contributed by atoms with Gasteiger partial charge in [-0.2, -0.15) is 0 Å². The van der Waals surface area contributed by atoms with E-state index in [1.807, 2.05) is 25.7 Å². The number of carbonyl (C=O) groups excluding carboxylic acids is 1. The van der Waals surface area contributed by atoms with Gasteiger partial charge in [0.2, 0.25) is 0 Å². The van der Waals surface area contributed by atoms with Gasteiger partial charge >= 0.3 is 6.09 Å². The zero-order valence-corrected chi connectivity index (χ0v) is 14.5. The Morgan fingerprint density at radius 1 is 1.30 bits per heavy atom. The number of benzene rings is 1. The van der Waals surface area contributed by atoms with Crippen molar-refractivity contribution in [3.8, 4) is 0 Å². The van der Waals surface area contributed by atoms with Gasteiger partial charge in [-0.25, -0.2) is 4.79 Å². The Labute approximate surface area is 139 Å². The summed E-state index contributed by atoms with van der Waals surface area (Å²) in [6, 6.07) is 6.83. The summed E-state index contributed by atoms with van der Waals surface area (Å²) in [5.74, 6) is 0.644. The van der Waals surface area contributed by atoms with Crippen LogP contribution in [0.4, 0.5) is 4.79 Å². The molecule has 1 fully saturated rings. The quantitative estimate of drug-likeness (QED) is 0.863. The Bertz CT molecular complexity index is 571. The van der Waals surface area contributed by atoms with Crippen molar-refractivity contribution in [1.82, 2.24) is 10.2 Å². The fourth-order valence-electron chi connectivity index (χ4n) is 3.45. The minimum Gasteiger partial charge on any atom is -0.444 e. The van der Waals surface area contributed by atoms with Crippen molar-refractivity contribution in [3.63, 3.8) is 0 Å². The van der Waals surface area contributed by atoms with E-state index < -0.39 is 5.60 Å². The summed E-state index contributed by atoms with van der Waals surface area (Å²) in [6.45, 7) is 9.38. The van der Waals surface area contributed by atoms with Gasteiger partial charge in [-0.15, -0.1) is 0 Å². The van der Waals surface area contributed by atoms with E-state index in [1.54, 1.807) is 0 Å². The topological polar surface area (TPSA) is 41.6 Å². The van der Waals surface area contributed by atoms with Gasteiger partial charge in [0.15, 0.2) is 0 Å². The Morgan fingerprint density at radius 2 is 2.13 bits per heavy atom. The summed E-state index contributed by atoms with van der Waals surface area (Å²) < 4.78 is 5.53. The number of nitrogens with zero attached hydrogens (tertiary/aromatic N) is 1. The van der Waals surface area contributed by atoms with Crippen LogP contribution in [0.2, 0.25) is 0 Å². The molecule has 1 amide bonds. The number of carbonyl (C=O) groups is 1. The molecule has 1 aromatic rings. The second-order valence-electron chi connectivity index (χ2n) is 7.72. The van der Waals surface area contributed by atoms with Crippen LogP contribution in [0.1, 0.15) is 56.2 Å². The summed E-state index contributed by atoms with van der Waals surface area (Å²) >= 11 is 0. The van der Waals surface area contributed by atoms with Crippen molar-refractivity contribution in [2.24, 2.45) is 0 Å². The second kappa shape index (κ2) is 6.52. The molecule has 4 nitrogen and oxygen atoms in total. The number of ether oxygens (including phenoxy) is 1. The van der Waals surface area contributed by atoms with Crippen molar-refractivity contribution in [2.45, 2.75) is 58.1 Å². The summed E-state index contributed by atoms with van der Waals surface area (Å²) in [4.78, 5) is 14.2. The molecule has 0 aliphatic carbocycles. The standard InChI is InChI=1S/C19H28N2O2/c1-19(2,3)23-18(22)21-10-4-5-14-11-15(6-7-17(14)13-21)16-8-9-20-12-16/h6-7,11,16,20H,4-5,8-10,12-13H2,1-3H3. The minimum absolute atomic E-state index is 0.200. The highest BCUT2D eigenvalue weighted by atomic mass is 16.6. The maximum Gasteiger partial charge on any atom is 0.410 e. The predicted molar refractivity (Wildman–Crippen MR) is 91.6 cm³/mol. The van der Waals surface area contributed by atoms with Crippen LogP contribution in [0.5, 0.6) is 0 Å². The van der Waals surface area contributed by atoms with Gasteiger partial charge in [-0.3, -0.25) is 0 Å². The third-order valence-corrected chi connectivity index (χ3v) is 4.65. The molecule has 2 aliphatic heterocycles. The molecule has 3 rings (SSSR count). The normalized spacial score (nSPS) is 21.7. The number of amides is 1. The molecule has 1 aromatic carbocycles. The van der Waals surface area contributed by atoms with Crippen molar-refractivity contribution >= 4 is 6.09 Å². The Kier molecular flexibility index (Phi) is 4.62. The molecule has 2 heterocycles. The van der Waals surface area contributed by atoms with Crippen LogP contribution in [0, 0.1) is 0 Å². The van der Waals surface area contributed by atoms with Crippen LogP contribution in [-0.2, 0) is 17.7 Å². The van der Waals surface area contributed by atoms with Crippen LogP contribution >= 0.6 is 0 Å². The number of hydrogen-bond acceptors (Lipinski definition) is 3. The molecule has 1 N–H and O–H groups in total. The molecule has 0 radical (unpaired) electrons. The highest BCUT2D eigenvalue weighted by molar-refractivity contribution is 5.68. The van der Waals surface area contributed by atoms with Crippen molar-refractivity contribution in [3.05, 3.63) is 34.9 Å². The Morgan fingerprint density at radius 3 is 2.83 bits per heavy atom. The van der Waals surface area contributed by atoms with Gasteiger partial charge in [-0.05, 0) is 69.2 Å². The molecular weight excluding hydrogens is 288 g/mol. The molecule has 4 heteroatoms. The highest BCUT2D eigenvalue weighted by Gasteiger charge is 2.25. The number of nitrogens with one attached hydrogen (secondary N) is 1. The highest BCUT2D eigenvalue weighted by Crippen LogP contribution is 2.27. The average Bonchev–Trinajstić information content (AvgIpc) is 2.91. The fourth-order valence-corrected chi connectivity index (χ4v) is 3.45. The smallest absolute Gasteiger partial charge is 0.410 e. The van der Waals surface area contributed by atoms with Crippen molar-refractivity contribution in [2.75, 3.05) is 19.6 Å². The molecule has 1 saturated heterocycles. The van der Waals surface area contributed by atoms with Crippen molar-refractivity contribution in [1.29, 1.82) is 0 Å². The lowest BCUT2D eigenvalue weighted by molar-refractivity contribution is 0.0237. The lowest BCUT2D eigenvalue weighted by atomic mass is 9.93. The van der Waals surface area contributed by atoms with E-state index in [4.69, 9.17) is 4.74 Å². The first-order chi connectivity index (χ1) is 10.9. The molecule has 126 valence electrons. The number of rotatable bonds is 1. The van der Waals surface area contributed by atoms with Crippen LogP contribution < -0.4 is 5.32 Å². The molecule has 0 bridgehead atoms. The fraction of sp³-hybridized carbons (Fsp3) is 0.632. The van der Waals surface area contributed by atoms with Gasteiger partial charge in [0.1, 0.15) is 5.60 Å². The zero-order valence-electron chi connectivity index (χ0n) is 14.5. The third-order valence-electron chi connectivity index (χ3n) is 4.65. The largest absolute Gasteiger partial charge is 0.444 e. The maximum absolute atomic E-state index is 12.3. The third kappa shape index (κ3) is 4.05. The molecule has 1 unspecified atom stereocenters. The monoisotopic (exact) mass is 316 g/mol. The van der Waals surface area contributed by atoms with Gasteiger partial charge in [-0.1, -0.05) is 18.2 Å². The van der Waals surface area contributed by atoms with Crippen molar-refractivity contribution < 1.29 is 9.53 Å². The van der Waals surface area contributed by atoms with E-state index in [0.717, 1.165) is 32.5 Å². The molecule has 0 saturated carbocycles. The molecule has 0 aromatic heterocycles. The average molecular weight is 316 g/mol. The van der Waals surface area contributed by atoms with E-state index in [1.165, 1.54) is 23.1 Å². The van der Waals surface area contributed by atoms with E-state index >= 15 is 0 Å². The Balaban J connectivity index is 1.74.